The van der Waals surface area contributed by atoms with Gasteiger partial charge in [-0.05, 0) is 54.3 Å². The average Bonchev–Trinajstić information content (AvgIpc) is 3.27. The van der Waals surface area contributed by atoms with Crippen LogP contribution in [0.1, 0.15) is 13.8 Å². The molecule has 0 amide bonds. The fourth-order valence-electron chi connectivity index (χ4n) is 4.08. The van der Waals surface area contributed by atoms with Crippen LogP contribution in [-0.2, 0) is 11.2 Å². The Hall–Kier alpha value is -2.87. The monoisotopic (exact) mass is 445 g/mol. The minimum atomic E-state index is -1.03. The van der Waals surface area contributed by atoms with E-state index in [-0.39, 0.29) is 5.25 Å². The van der Waals surface area contributed by atoms with E-state index < -0.39 is 11.2 Å². The summed E-state index contributed by atoms with van der Waals surface area (Å²) < 4.78 is 14.3. The smallest absolute Gasteiger partial charge is 0.162 e. The largest absolute Gasteiger partial charge is 0.611 e. The lowest BCUT2D eigenvalue weighted by Crippen LogP contribution is -2.43. The van der Waals surface area contributed by atoms with E-state index in [9.17, 15) is 4.55 Å². The van der Waals surface area contributed by atoms with Crippen LogP contribution < -0.4 is 10.2 Å². The van der Waals surface area contributed by atoms with Crippen LogP contribution in [0, 0.1) is 0 Å². The Morgan fingerprint density at radius 3 is 2.50 bits per heavy atom. The second-order valence-electron chi connectivity index (χ2n) is 8.33. The first-order valence-corrected chi connectivity index (χ1v) is 12.2. The molecule has 2 aromatic heterocycles. The highest BCUT2D eigenvalue weighted by atomic mass is 32.2. The topological polar surface area (TPSA) is 68.5 Å². The molecule has 1 saturated heterocycles. The van der Waals surface area contributed by atoms with Gasteiger partial charge in [0.2, 0.25) is 0 Å². The lowest BCUT2D eigenvalue weighted by Gasteiger charge is -2.29. The predicted octanol–water partition coefficient (Wildman–Crippen LogP) is 3.99. The van der Waals surface area contributed by atoms with Crippen molar-refractivity contribution in [1.29, 1.82) is 0 Å². The Bertz CT molecular complexity index is 1210. The highest BCUT2D eigenvalue weighted by Crippen LogP contribution is 2.29. The summed E-state index contributed by atoms with van der Waals surface area (Å²) >= 11 is -1.03. The Labute approximate surface area is 191 Å². The molecule has 3 heterocycles. The van der Waals surface area contributed by atoms with E-state index in [0.29, 0.717) is 0 Å². The Morgan fingerprint density at radius 2 is 1.75 bits per heavy atom. The van der Waals surface area contributed by atoms with Crippen LogP contribution in [0.2, 0.25) is 0 Å². The fourth-order valence-corrected chi connectivity index (χ4v) is 5.08. The van der Waals surface area contributed by atoms with Gasteiger partial charge >= 0.3 is 0 Å². The first kappa shape index (κ1) is 21.0. The number of fused-ring (bicyclic) bond motifs is 1. The summed E-state index contributed by atoms with van der Waals surface area (Å²) in [5.74, 6) is 0. The number of hydrogen-bond donors (Lipinski definition) is 1. The van der Waals surface area contributed by atoms with Gasteiger partial charge in [-0.3, -0.25) is 0 Å². The van der Waals surface area contributed by atoms with Gasteiger partial charge in [0.15, 0.2) is 10.5 Å². The van der Waals surface area contributed by atoms with Gasteiger partial charge in [-0.2, -0.15) is 5.10 Å². The summed E-state index contributed by atoms with van der Waals surface area (Å²) in [7, 11) is 0. The molecule has 164 valence electrons. The molecule has 1 aliphatic rings. The molecule has 0 saturated carbocycles. The molecule has 1 N–H and O–H groups in total. The first-order chi connectivity index (χ1) is 15.6. The molecule has 0 bridgehead atoms. The van der Waals surface area contributed by atoms with Crippen molar-refractivity contribution in [3.05, 3.63) is 67.1 Å². The summed E-state index contributed by atoms with van der Waals surface area (Å²) in [4.78, 5) is 7.96. The van der Waals surface area contributed by atoms with Crippen molar-refractivity contribution in [2.75, 3.05) is 31.1 Å². The molecule has 1 fully saturated rings. The maximum Gasteiger partial charge on any atom is 0.162 e. The number of benzene rings is 2. The van der Waals surface area contributed by atoms with Gasteiger partial charge in [-0.15, -0.1) is 0 Å². The molecule has 0 spiro atoms. The van der Waals surface area contributed by atoms with Gasteiger partial charge in [-0.25, -0.2) is 9.50 Å². The van der Waals surface area contributed by atoms with Crippen LogP contribution >= 0.6 is 0 Å². The van der Waals surface area contributed by atoms with Gasteiger partial charge < -0.3 is 14.8 Å². The van der Waals surface area contributed by atoms with E-state index in [1.165, 1.54) is 5.69 Å². The van der Waals surface area contributed by atoms with Gasteiger partial charge in [0.1, 0.15) is 5.25 Å². The number of piperazine rings is 1. The number of hydrogen-bond acceptors (Lipinski definition) is 5. The second-order valence-corrected chi connectivity index (χ2v) is 10.3. The maximum absolute atomic E-state index is 12.5. The molecule has 1 unspecified atom stereocenters. The molecule has 0 radical (unpaired) electrons. The number of aromatic nitrogens is 3. The standard InChI is InChI=1S/C25H27N5OS/c1-18(2)32(31)23-5-3-4-20(14-23)24-16-28-30-17-21(15-27-25(24)30)19-6-8-22(9-7-19)29-12-10-26-11-13-29/h3-9,14-18,26H,10-13H2,1-2H3. The Balaban J connectivity index is 1.43. The number of anilines is 1. The van der Waals surface area contributed by atoms with Crippen molar-refractivity contribution in [2.24, 2.45) is 0 Å². The van der Waals surface area contributed by atoms with Crippen LogP contribution in [-0.4, -0.2) is 50.6 Å². The van der Waals surface area contributed by atoms with Crippen LogP contribution in [0.3, 0.4) is 0 Å². The highest BCUT2D eigenvalue weighted by molar-refractivity contribution is 7.92. The van der Waals surface area contributed by atoms with E-state index in [4.69, 9.17) is 4.98 Å². The van der Waals surface area contributed by atoms with Gasteiger partial charge in [0, 0.05) is 61.5 Å². The SMILES string of the molecule is CC(C)[S+]([O-])c1cccc(-c2cnn3cc(-c4ccc(N5CCNCC5)cc4)cnc23)c1. The summed E-state index contributed by atoms with van der Waals surface area (Å²) in [5.41, 5.74) is 6.10. The van der Waals surface area contributed by atoms with E-state index >= 15 is 0 Å². The van der Waals surface area contributed by atoms with Gasteiger partial charge in [-0.1, -0.05) is 24.3 Å². The Morgan fingerprint density at radius 1 is 0.969 bits per heavy atom. The number of nitrogens with one attached hydrogen (secondary N) is 1. The van der Waals surface area contributed by atoms with Crippen LogP contribution in [0.15, 0.2) is 72.0 Å². The van der Waals surface area contributed by atoms with Crippen molar-refractivity contribution < 1.29 is 4.55 Å². The van der Waals surface area contributed by atoms with Crippen molar-refractivity contribution in [2.45, 2.75) is 24.0 Å². The minimum absolute atomic E-state index is 0.0767. The van der Waals surface area contributed by atoms with E-state index in [2.05, 4.69) is 39.6 Å². The van der Waals surface area contributed by atoms with E-state index in [1.54, 1.807) is 0 Å². The second kappa shape index (κ2) is 8.94. The van der Waals surface area contributed by atoms with E-state index in [0.717, 1.165) is 59.0 Å². The lowest BCUT2D eigenvalue weighted by atomic mass is 10.1. The molecule has 4 aromatic rings. The molecule has 5 rings (SSSR count). The molecule has 0 aliphatic carbocycles. The predicted molar refractivity (Wildman–Crippen MR) is 130 cm³/mol. The normalized spacial score (nSPS) is 15.4. The molecule has 1 aliphatic heterocycles. The summed E-state index contributed by atoms with van der Waals surface area (Å²) in [6.07, 6.45) is 5.75. The zero-order chi connectivity index (χ0) is 22.1. The number of nitrogens with zero attached hydrogens (tertiary/aromatic N) is 4. The third kappa shape index (κ3) is 4.11. The third-order valence-corrected chi connectivity index (χ3v) is 7.42. The molecular formula is C25H27N5OS. The zero-order valence-electron chi connectivity index (χ0n) is 18.4. The first-order valence-electron chi connectivity index (χ1n) is 11.0. The van der Waals surface area contributed by atoms with Gasteiger partial charge in [0.25, 0.3) is 0 Å². The minimum Gasteiger partial charge on any atom is -0.611 e. The van der Waals surface area contributed by atoms with Crippen molar-refractivity contribution in [3.8, 4) is 22.3 Å². The summed E-state index contributed by atoms with van der Waals surface area (Å²) in [6.45, 7) is 8.07. The lowest BCUT2D eigenvalue weighted by molar-refractivity contribution is 0.586. The highest BCUT2D eigenvalue weighted by Gasteiger charge is 2.17. The number of rotatable bonds is 5. The molecular weight excluding hydrogens is 418 g/mol. The van der Waals surface area contributed by atoms with Crippen LogP contribution in [0.4, 0.5) is 5.69 Å². The molecule has 1 atom stereocenters. The average molecular weight is 446 g/mol. The molecule has 32 heavy (non-hydrogen) atoms. The quantitative estimate of drug-likeness (QED) is 0.471. The van der Waals surface area contributed by atoms with Crippen molar-refractivity contribution >= 4 is 22.5 Å². The molecule has 6 nitrogen and oxygen atoms in total. The van der Waals surface area contributed by atoms with Crippen molar-refractivity contribution in [1.82, 2.24) is 19.9 Å². The van der Waals surface area contributed by atoms with Gasteiger partial charge in [0.05, 0.1) is 6.20 Å². The molecule has 2 aromatic carbocycles. The van der Waals surface area contributed by atoms with Crippen LogP contribution in [0.25, 0.3) is 27.9 Å². The summed E-state index contributed by atoms with van der Waals surface area (Å²) in [5, 5.41) is 8.01. The maximum atomic E-state index is 12.5. The van der Waals surface area contributed by atoms with E-state index in [1.807, 2.05) is 61.2 Å². The van der Waals surface area contributed by atoms with Crippen LogP contribution in [0.5, 0.6) is 0 Å². The summed E-state index contributed by atoms with van der Waals surface area (Å²) in [6, 6.07) is 16.5. The van der Waals surface area contributed by atoms with Crippen molar-refractivity contribution in [3.63, 3.8) is 0 Å². The fraction of sp³-hybridized carbons (Fsp3) is 0.280. The zero-order valence-corrected chi connectivity index (χ0v) is 19.2. The third-order valence-electron chi connectivity index (χ3n) is 5.84. The molecule has 7 heteroatoms. The Kier molecular flexibility index (Phi) is 5.87.